The van der Waals surface area contributed by atoms with E-state index in [4.69, 9.17) is 12.2 Å². The highest BCUT2D eigenvalue weighted by Gasteiger charge is 2.45. The van der Waals surface area contributed by atoms with Gasteiger partial charge in [-0.2, -0.15) is 0 Å². The summed E-state index contributed by atoms with van der Waals surface area (Å²) in [4.78, 5) is 0. The molecule has 35 heavy (non-hydrogen) atoms. The van der Waals surface area contributed by atoms with Crippen molar-refractivity contribution in [3.05, 3.63) is 63.0 Å². The number of hydrogen-bond acceptors (Lipinski definition) is 5. The molecular formula is C26H28I4OS4. The summed E-state index contributed by atoms with van der Waals surface area (Å²) in [7, 11) is 3.43. The van der Waals surface area contributed by atoms with Gasteiger partial charge >= 0.3 is 0 Å². The number of hydrogen-bond donors (Lipinski definition) is 1. The second-order valence-corrected chi connectivity index (χ2v) is 26.7. The number of phenols is 1. The van der Waals surface area contributed by atoms with E-state index in [0.29, 0.717) is 5.75 Å². The van der Waals surface area contributed by atoms with Crippen LogP contribution in [-0.2, 0) is 16.6 Å². The topological polar surface area (TPSA) is 20.2 Å². The average Bonchev–Trinajstić information content (AvgIpc) is 3.11. The lowest BCUT2D eigenvalue weighted by atomic mass is 9.74. The molecule has 0 fully saturated rings. The molecule has 1 aromatic heterocycles. The maximum absolute atomic E-state index is 11.8. The molecule has 2 aromatic carbocycles. The van der Waals surface area contributed by atoms with Gasteiger partial charge in [0.2, 0.25) is 0 Å². The second kappa shape index (κ2) is 11.7. The van der Waals surface area contributed by atoms with E-state index in [-0.39, 0.29) is 13.7 Å². The van der Waals surface area contributed by atoms with E-state index < -0.39 is 0 Å². The third-order valence-electron chi connectivity index (χ3n) is 6.75. The van der Waals surface area contributed by atoms with Crippen LogP contribution < -0.4 is 0 Å². The minimum atomic E-state index is -0.273. The third kappa shape index (κ3) is 6.75. The number of phenolic OH excluding ortho intramolecular Hbond substituents is 1. The second-order valence-electron chi connectivity index (χ2n) is 9.84. The largest absolute Gasteiger partial charge is 0.507 e. The van der Waals surface area contributed by atoms with Gasteiger partial charge in [-0.1, -0.05) is 181 Å². The minimum absolute atomic E-state index is 0.100. The fraction of sp³-hybridized carbons (Fsp3) is 0.423. The maximum Gasteiger partial charge on any atom is 0.123 e. The van der Waals surface area contributed by atoms with Gasteiger partial charge in [-0.05, 0) is 37.1 Å². The molecule has 9 heteroatoms. The zero-order valence-corrected chi connectivity index (χ0v) is 32.2. The summed E-state index contributed by atoms with van der Waals surface area (Å²) >= 11 is 17.7. The van der Waals surface area contributed by atoms with E-state index >= 15 is 0 Å². The van der Waals surface area contributed by atoms with Crippen LogP contribution in [-0.4, -0.2) is 7.96 Å². The molecule has 1 heterocycles. The van der Waals surface area contributed by atoms with Gasteiger partial charge in [0.25, 0.3) is 0 Å². The van der Waals surface area contributed by atoms with Crippen LogP contribution in [0.1, 0.15) is 58.2 Å². The Morgan fingerprint density at radius 1 is 0.829 bits per heavy atom. The zero-order chi connectivity index (χ0) is 26.4. The summed E-state index contributed by atoms with van der Waals surface area (Å²) in [5.74, 6) is 1.32. The lowest BCUT2D eigenvalue weighted by Gasteiger charge is -2.41. The molecular weight excluding hydrogens is 964 g/mol. The average molecular weight is 992 g/mol. The molecule has 0 atom stereocenters. The number of thioether (sulfide) groups is 1. The number of alkyl halides is 4. The lowest BCUT2D eigenvalue weighted by Crippen LogP contribution is -2.37. The molecule has 0 aliphatic rings. The van der Waals surface area contributed by atoms with Gasteiger partial charge in [0.05, 0.1) is 7.07 Å². The molecule has 0 amide bonds. The number of halogens is 4. The molecule has 1 nitrogen and oxygen atoms in total. The first-order chi connectivity index (χ1) is 16.0. The molecule has 1 N–H and O–H groups in total. The highest BCUT2D eigenvalue weighted by atomic mass is 127. The fourth-order valence-corrected chi connectivity index (χ4v) is 9.12. The van der Waals surface area contributed by atoms with Crippen molar-refractivity contribution < 1.29 is 5.11 Å². The molecule has 0 aliphatic carbocycles. The standard InChI is InChI=1S/C26H28I4OS4/c1-23(2,25(5,27)28)17-12-16(13-18(20(17)31)24(3,4)26(6,29)30)19-21(32)34-35-22(19)33-14-15-10-8-7-9-11-15/h7-13,31H,14H2,1-6H3. The van der Waals surface area contributed by atoms with Gasteiger partial charge in [0, 0.05) is 33.3 Å². The van der Waals surface area contributed by atoms with E-state index in [9.17, 15) is 5.11 Å². The van der Waals surface area contributed by atoms with Gasteiger partial charge in [-0.25, -0.2) is 0 Å². The molecule has 0 saturated heterocycles. The van der Waals surface area contributed by atoms with Gasteiger partial charge < -0.3 is 5.11 Å². The quantitative estimate of drug-likeness (QED) is 0.0798. The van der Waals surface area contributed by atoms with Crippen molar-refractivity contribution in [2.75, 3.05) is 0 Å². The van der Waals surface area contributed by atoms with Gasteiger partial charge in [0.15, 0.2) is 0 Å². The summed E-state index contributed by atoms with van der Waals surface area (Å²) in [5.41, 5.74) is 4.96. The van der Waals surface area contributed by atoms with Crippen LogP contribution in [0.15, 0.2) is 46.7 Å². The third-order valence-corrected chi connectivity index (χ3v) is 16.8. The Balaban J connectivity index is 2.25. The molecule has 0 unspecified atom stereocenters. The Bertz CT molecular complexity index is 1200. The highest BCUT2D eigenvalue weighted by Crippen LogP contribution is 2.56. The van der Waals surface area contributed by atoms with Crippen LogP contribution >= 0.6 is 135 Å². The van der Waals surface area contributed by atoms with Crippen molar-refractivity contribution in [2.45, 2.75) is 65.2 Å². The summed E-state index contributed by atoms with van der Waals surface area (Å²) in [6.07, 6.45) is 0. The van der Waals surface area contributed by atoms with Gasteiger partial charge in [-0.15, -0.1) is 11.8 Å². The molecule has 0 saturated carbocycles. The first kappa shape index (κ1) is 31.3. The van der Waals surface area contributed by atoms with E-state index in [0.717, 1.165) is 31.8 Å². The smallest absolute Gasteiger partial charge is 0.123 e. The van der Waals surface area contributed by atoms with Crippen molar-refractivity contribution in [3.8, 4) is 16.9 Å². The van der Waals surface area contributed by atoms with Gasteiger partial charge in [0.1, 0.15) is 9.57 Å². The number of benzene rings is 2. The van der Waals surface area contributed by atoms with E-state index in [1.165, 1.54) is 9.77 Å². The van der Waals surface area contributed by atoms with Crippen LogP contribution in [0.25, 0.3) is 11.1 Å². The summed E-state index contributed by atoms with van der Waals surface area (Å²) in [6.45, 7) is 13.3. The Hall–Kier alpha value is 1.78. The molecule has 3 rings (SSSR count). The van der Waals surface area contributed by atoms with Crippen LogP contribution in [0.2, 0.25) is 0 Å². The van der Waals surface area contributed by atoms with E-state index in [1.807, 2.05) is 11.8 Å². The Morgan fingerprint density at radius 3 is 1.77 bits per heavy atom. The Labute approximate surface area is 281 Å². The van der Waals surface area contributed by atoms with Crippen molar-refractivity contribution in [1.29, 1.82) is 0 Å². The summed E-state index contributed by atoms with van der Waals surface area (Å²) < 4.78 is 1.97. The van der Waals surface area contributed by atoms with Crippen LogP contribution in [0.5, 0.6) is 5.75 Å². The predicted octanol–water partition coefficient (Wildman–Crippen LogP) is 11.9. The van der Waals surface area contributed by atoms with Crippen molar-refractivity contribution in [3.63, 3.8) is 0 Å². The summed E-state index contributed by atoms with van der Waals surface area (Å²) in [5, 5.41) is 11.8. The molecule has 0 radical (unpaired) electrons. The normalized spacial score (nSPS) is 13.3. The minimum Gasteiger partial charge on any atom is -0.507 e. The molecule has 0 bridgehead atoms. The lowest BCUT2D eigenvalue weighted by molar-refractivity contribution is 0.406. The van der Waals surface area contributed by atoms with Crippen LogP contribution in [0.3, 0.4) is 0 Å². The maximum atomic E-state index is 11.8. The molecule has 190 valence electrons. The fourth-order valence-electron chi connectivity index (χ4n) is 3.50. The molecule has 3 aromatic rings. The van der Waals surface area contributed by atoms with Crippen molar-refractivity contribution in [2.24, 2.45) is 0 Å². The Morgan fingerprint density at radius 2 is 1.31 bits per heavy atom. The van der Waals surface area contributed by atoms with E-state index in [1.54, 1.807) is 20.7 Å². The Kier molecular flexibility index (Phi) is 10.5. The van der Waals surface area contributed by atoms with Crippen molar-refractivity contribution in [1.82, 2.24) is 0 Å². The predicted molar refractivity (Wildman–Crippen MR) is 195 cm³/mol. The summed E-state index contributed by atoms with van der Waals surface area (Å²) in [6, 6.07) is 15.0. The van der Waals surface area contributed by atoms with Crippen molar-refractivity contribution >= 4 is 135 Å². The van der Waals surface area contributed by atoms with Crippen LogP contribution in [0, 0.1) is 3.82 Å². The number of aromatic hydroxyl groups is 1. The van der Waals surface area contributed by atoms with Crippen LogP contribution in [0.4, 0.5) is 0 Å². The monoisotopic (exact) mass is 992 g/mol. The van der Waals surface area contributed by atoms with Gasteiger partial charge in [-0.3, -0.25) is 0 Å². The SMILES string of the molecule is CC(I)(I)C(C)(C)c1cc(-c2c(SCc3ccccc3)ssc2=S)cc(C(C)(C)C(C)(I)I)c1O. The first-order valence-electron chi connectivity index (χ1n) is 10.9. The highest BCUT2D eigenvalue weighted by molar-refractivity contribution is 14.2. The zero-order valence-electron chi connectivity index (χ0n) is 20.3. The number of rotatable bonds is 8. The first-order valence-corrected chi connectivity index (χ1v) is 18.8. The molecule has 0 spiro atoms. The molecule has 0 aliphatic heterocycles. The van der Waals surface area contributed by atoms with E-state index in [2.05, 4.69) is 174 Å².